The summed E-state index contributed by atoms with van der Waals surface area (Å²) in [5, 5.41) is 0.956. The third-order valence-electron chi connectivity index (χ3n) is 1.92. The van der Waals surface area contributed by atoms with E-state index in [2.05, 4.69) is 0 Å². The van der Waals surface area contributed by atoms with E-state index >= 15 is 0 Å². The van der Waals surface area contributed by atoms with Crippen molar-refractivity contribution in [1.82, 2.24) is 0 Å². The van der Waals surface area contributed by atoms with E-state index in [1.807, 2.05) is 0 Å². The molecule has 0 fully saturated rings. The van der Waals surface area contributed by atoms with Crippen molar-refractivity contribution < 1.29 is 8.22 Å². The second-order valence-corrected chi connectivity index (χ2v) is 2.71. The summed E-state index contributed by atoms with van der Waals surface area (Å²) in [7, 11) is 0. The molecule has 12 heavy (non-hydrogen) atoms. The molecule has 0 N–H and O–H groups in total. The van der Waals surface area contributed by atoms with E-state index in [1.54, 1.807) is 24.3 Å². The van der Waals surface area contributed by atoms with Crippen molar-refractivity contribution in [1.29, 1.82) is 0 Å². The number of hydrogen-bond donors (Lipinski definition) is 0. The second kappa shape index (κ2) is 2.63. The summed E-state index contributed by atoms with van der Waals surface area (Å²) in [5.74, 6) is 0. The third-order valence-corrected chi connectivity index (χ3v) is 1.92. The second-order valence-electron chi connectivity index (χ2n) is 2.71. The highest BCUT2D eigenvalue weighted by Gasteiger charge is 1.96. The van der Waals surface area contributed by atoms with Gasteiger partial charge in [0.05, 0.1) is 0 Å². The Hall–Kier alpha value is -1.30. The molecule has 0 radical (unpaired) electrons. The van der Waals surface area contributed by atoms with Gasteiger partial charge in [-0.3, -0.25) is 0 Å². The van der Waals surface area contributed by atoms with Crippen LogP contribution in [0.15, 0.2) is 36.4 Å². The Bertz CT molecular complexity index is 526. The van der Waals surface area contributed by atoms with Gasteiger partial charge in [-0.25, -0.2) is 0 Å². The Balaban J connectivity index is 2.82. The van der Waals surface area contributed by atoms with Crippen molar-refractivity contribution in [2.24, 2.45) is 0 Å². The van der Waals surface area contributed by atoms with E-state index in [4.69, 9.17) is 8.22 Å². The van der Waals surface area contributed by atoms with Gasteiger partial charge in [-0.2, -0.15) is 0 Å². The van der Waals surface area contributed by atoms with Crippen LogP contribution in [0.3, 0.4) is 0 Å². The highest BCUT2D eigenvalue weighted by Crippen LogP contribution is 2.20. The molecule has 0 aliphatic carbocycles. The predicted molar refractivity (Wildman–Crippen MR) is 53.4 cm³/mol. The SMILES string of the molecule is [2H]C([2H])([2H])c1cccc2c(C([2H])([2H])[2H])cccc12. The number of aryl methyl sites for hydroxylation is 2. The molecule has 0 bridgehead atoms. The van der Waals surface area contributed by atoms with Gasteiger partial charge in [-0.05, 0) is 35.6 Å². The smallest absolute Gasteiger partial charge is 0.0280 e. The summed E-state index contributed by atoms with van der Waals surface area (Å²) in [6.07, 6.45) is 0. The van der Waals surface area contributed by atoms with Crippen LogP contribution in [0.5, 0.6) is 0 Å². The van der Waals surface area contributed by atoms with Gasteiger partial charge in [0.15, 0.2) is 0 Å². The number of fused-ring (bicyclic) bond motifs is 1. The van der Waals surface area contributed by atoms with E-state index in [0.29, 0.717) is 10.8 Å². The molecule has 0 atom stereocenters. The Kier molecular flexibility index (Phi) is 0.705. The van der Waals surface area contributed by atoms with Crippen molar-refractivity contribution in [3.05, 3.63) is 47.5 Å². The van der Waals surface area contributed by atoms with E-state index in [1.165, 1.54) is 12.1 Å². The van der Waals surface area contributed by atoms with Crippen LogP contribution in [-0.2, 0) is 0 Å². The molecule has 0 aromatic heterocycles. The summed E-state index contributed by atoms with van der Waals surface area (Å²) in [6, 6.07) is 9.48. The van der Waals surface area contributed by atoms with Gasteiger partial charge in [0, 0.05) is 8.22 Å². The molecule has 0 spiro atoms. The van der Waals surface area contributed by atoms with Crippen LogP contribution in [0.1, 0.15) is 19.4 Å². The summed E-state index contributed by atoms with van der Waals surface area (Å²) in [6.45, 7) is -4.49. The number of hydrogen-bond acceptors (Lipinski definition) is 0. The molecule has 0 saturated carbocycles. The van der Waals surface area contributed by atoms with Crippen molar-refractivity contribution >= 4 is 10.8 Å². The van der Waals surface area contributed by atoms with Gasteiger partial charge in [0.25, 0.3) is 0 Å². The van der Waals surface area contributed by atoms with Gasteiger partial charge in [-0.1, -0.05) is 36.4 Å². The zero-order chi connectivity index (χ0) is 13.6. The molecule has 0 unspecified atom stereocenters. The van der Waals surface area contributed by atoms with Gasteiger partial charge < -0.3 is 0 Å². The lowest BCUT2D eigenvalue weighted by atomic mass is 10.0. The monoisotopic (exact) mass is 162 g/mol. The van der Waals surface area contributed by atoms with Crippen LogP contribution < -0.4 is 0 Å². The maximum Gasteiger partial charge on any atom is 0.0280 e. The van der Waals surface area contributed by atoms with Gasteiger partial charge in [-0.15, -0.1) is 0 Å². The van der Waals surface area contributed by atoms with Gasteiger partial charge in [0.1, 0.15) is 0 Å². The number of benzene rings is 2. The first kappa shape index (κ1) is 3.21. The lowest BCUT2D eigenvalue weighted by Crippen LogP contribution is -1.80. The minimum absolute atomic E-state index is 0.186. The van der Waals surface area contributed by atoms with Crippen LogP contribution >= 0.6 is 0 Å². The maximum absolute atomic E-state index is 7.47. The maximum atomic E-state index is 7.47. The topological polar surface area (TPSA) is 0 Å². The quantitative estimate of drug-likeness (QED) is 0.556. The Labute approximate surface area is 81.3 Å². The average molecular weight is 162 g/mol. The van der Waals surface area contributed by atoms with Gasteiger partial charge in [0.2, 0.25) is 0 Å². The largest absolute Gasteiger partial charge is 0.0614 e. The van der Waals surface area contributed by atoms with E-state index in [-0.39, 0.29) is 11.1 Å². The highest BCUT2D eigenvalue weighted by molar-refractivity contribution is 5.88. The van der Waals surface area contributed by atoms with E-state index in [9.17, 15) is 0 Å². The zero-order valence-electron chi connectivity index (χ0n) is 12.5. The molecule has 0 aliphatic heterocycles. The molecule has 2 aromatic rings. The third kappa shape index (κ3) is 1.00. The Morgan fingerprint density at radius 1 is 0.833 bits per heavy atom. The van der Waals surface area contributed by atoms with Crippen LogP contribution in [0.2, 0.25) is 0 Å². The van der Waals surface area contributed by atoms with Crippen LogP contribution in [0.4, 0.5) is 0 Å². The lowest BCUT2D eigenvalue weighted by molar-refractivity contribution is 1.48. The molecule has 0 saturated heterocycles. The van der Waals surface area contributed by atoms with Crippen molar-refractivity contribution in [2.45, 2.75) is 13.7 Å². The van der Waals surface area contributed by atoms with Crippen LogP contribution in [0, 0.1) is 13.7 Å². The summed E-state index contributed by atoms with van der Waals surface area (Å²) < 4.78 is 44.8. The molecule has 0 aliphatic rings. The Morgan fingerprint density at radius 2 is 1.33 bits per heavy atom. The van der Waals surface area contributed by atoms with Gasteiger partial charge >= 0.3 is 0 Å². The molecule has 0 heteroatoms. The first-order chi connectivity index (χ1) is 8.21. The highest BCUT2D eigenvalue weighted by atomic mass is 14.0. The summed E-state index contributed by atoms with van der Waals surface area (Å²) in [4.78, 5) is 0. The molecular weight excluding hydrogens is 144 g/mol. The fourth-order valence-electron chi connectivity index (χ4n) is 1.31. The lowest BCUT2D eigenvalue weighted by Gasteiger charge is -2.03. The zero-order valence-corrected chi connectivity index (χ0v) is 6.46. The molecule has 2 rings (SSSR count). The fourth-order valence-corrected chi connectivity index (χ4v) is 1.31. The van der Waals surface area contributed by atoms with E-state index < -0.39 is 13.7 Å². The Morgan fingerprint density at radius 3 is 1.75 bits per heavy atom. The molecule has 0 nitrogen and oxygen atoms in total. The predicted octanol–water partition coefficient (Wildman–Crippen LogP) is 3.46. The summed E-state index contributed by atoms with van der Waals surface area (Å²) >= 11 is 0. The minimum Gasteiger partial charge on any atom is -0.0614 e. The standard InChI is InChI=1S/C12H12/c1-9-5-3-8-12-10(2)6-4-7-11(9)12/h3-8H,1-2H3/i1D3,2D3. The minimum atomic E-state index is -2.24. The first-order valence-electron chi connectivity index (χ1n) is 6.74. The number of rotatable bonds is 0. The molecule has 0 amide bonds. The average Bonchev–Trinajstić information content (AvgIpc) is 2.24. The molecule has 60 valence electrons. The fraction of sp³-hybridized carbons (Fsp3) is 0.167. The van der Waals surface area contributed by atoms with Crippen LogP contribution in [-0.4, -0.2) is 0 Å². The first-order valence-corrected chi connectivity index (χ1v) is 3.74. The van der Waals surface area contributed by atoms with Crippen LogP contribution in [0.25, 0.3) is 10.8 Å². The molecule has 0 heterocycles. The summed E-state index contributed by atoms with van der Waals surface area (Å²) in [5.41, 5.74) is 0.372. The van der Waals surface area contributed by atoms with Crippen molar-refractivity contribution in [3.8, 4) is 0 Å². The molecular formula is C12H12. The van der Waals surface area contributed by atoms with Crippen molar-refractivity contribution in [2.75, 3.05) is 0 Å². The molecule has 2 aromatic carbocycles. The normalized spacial score (nSPS) is 20.0. The van der Waals surface area contributed by atoms with E-state index in [0.717, 1.165) is 0 Å². The van der Waals surface area contributed by atoms with Crippen molar-refractivity contribution in [3.63, 3.8) is 0 Å².